The van der Waals surface area contributed by atoms with Crippen LogP contribution in [-0.2, 0) is 32.6 Å². The molecule has 222 valence electrons. The Hall–Kier alpha value is -4.97. The van der Waals surface area contributed by atoms with Gasteiger partial charge in [-0.15, -0.1) is 0 Å². The lowest BCUT2D eigenvalue weighted by Gasteiger charge is -2.20. The Bertz CT molecular complexity index is 1850. The van der Waals surface area contributed by atoms with E-state index in [-0.39, 0.29) is 29.5 Å². The van der Waals surface area contributed by atoms with Gasteiger partial charge in [0.25, 0.3) is 5.56 Å². The maximum Gasteiger partial charge on any atom is 0.328 e. The Kier molecular flexibility index (Phi) is 8.05. The maximum absolute atomic E-state index is 13.8. The third-order valence-corrected chi connectivity index (χ3v) is 7.60. The molecule has 12 heteroatoms. The molecule has 10 nitrogen and oxygen atoms in total. The number of rotatable bonds is 5. The number of amides is 2. The molecular weight excluding hydrogens is 560 g/mol. The molecule has 0 fully saturated rings. The third kappa shape index (κ3) is 5.48. The van der Waals surface area contributed by atoms with Gasteiger partial charge in [0.15, 0.2) is 11.6 Å². The fraction of sp³-hybridized carbons (Fsp3) is 0.258. The van der Waals surface area contributed by atoms with Crippen LogP contribution in [0.1, 0.15) is 36.6 Å². The molecule has 2 amide bonds. The van der Waals surface area contributed by atoms with Crippen LogP contribution >= 0.6 is 0 Å². The molecule has 4 aromatic rings. The normalized spacial score (nSPS) is 17.0. The SMILES string of the molecule is CC(=O)Nc1ccc2c(c1)C[C@@]1(C2)C(=O)Nc2ncccc21.COC[C@H](C)n1c(=O)[nH]cc(-c2cccc(F)c2F)c1=O. The molecular formula is C31H29F2N5O5. The van der Waals surface area contributed by atoms with E-state index in [1.165, 1.54) is 26.2 Å². The Morgan fingerprint density at radius 3 is 2.60 bits per heavy atom. The second kappa shape index (κ2) is 11.7. The van der Waals surface area contributed by atoms with E-state index in [9.17, 15) is 28.0 Å². The van der Waals surface area contributed by atoms with Gasteiger partial charge >= 0.3 is 5.69 Å². The van der Waals surface area contributed by atoms with E-state index in [2.05, 4.69) is 20.6 Å². The Morgan fingerprint density at radius 1 is 1.09 bits per heavy atom. The Labute approximate surface area is 244 Å². The lowest BCUT2D eigenvalue weighted by atomic mass is 9.79. The average Bonchev–Trinajstić information content (AvgIpc) is 3.47. The molecule has 43 heavy (non-hydrogen) atoms. The molecule has 2 aromatic carbocycles. The number of ether oxygens (including phenoxy) is 1. The number of nitrogens with zero attached hydrogens (tertiary/aromatic N) is 2. The van der Waals surface area contributed by atoms with Crippen molar-refractivity contribution in [3.05, 3.63) is 110 Å². The second-order valence-electron chi connectivity index (χ2n) is 10.5. The third-order valence-electron chi connectivity index (χ3n) is 7.60. The van der Waals surface area contributed by atoms with Crippen LogP contribution in [-0.4, -0.2) is 40.1 Å². The predicted molar refractivity (Wildman–Crippen MR) is 156 cm³/mol. The fourth-order valence-electron chi connectivity index (χ4n) is 5.66. The van der Waals surface area contributed by atoms with Gasteiger partial charge in [-0.2, -0.15) is 0 Å². The molecule has 2 atom stereocenters. The highest BCUT2D eigenvalue weighted by molar-refractivity contribution is 6.06. The number of fused-ring (bicyclic) bond motifs is 3. The van der Waals surface area contributed by atoms with Crippen LogP contribution in [0.4, 0.5) is 20.3 Å². The number of aromatic amines is 1. The first-order chi connectivity index (χ1) is 20.6. The number of nitrogens with one attached hydrogen (secondary N) is 3. The molecule has 6 rings (SSSR count). The highest BCUT2D eigenvalue weighted by Crippen LogP contribution is 2.46. The summed E-state index contributed by atoms with van der Waals surface area (Å²) >= 11 is 0. The Morgan fingerprint density at radius 2 is 1.86 bits per heavy atom. The predicted octanol–water partition coefficient (Wildman–Crippen LogP) is 3.72. The molecule has 1 spiro atoms. The maximum atomic E-state index is 13.8. The lowest BCUT2D eigenvalue weighted by Crippen LogP contribution is -2.39. The number of hydrogen-bond acceptors (Lipinski definition) is 6. The van der Waals surface area contributed by atoms with E-state index in [1.807, 2.05) is 30.3 Å². The zero-order valence-corrected chi connectivity index (χ0v) is 23.7. The zero-order valence-electron chi connectivity index (χ0n) is 23.7. The lowest BCUT2D eigenvalue weighted by molar-refractivity contribution is -0.120. The number of halogens is 2. The van der Waals surface area contributed by atoms with Gasteiger partial charge in [0.1, 0.15) is 5.82 Å². The number of methoxy groups -OCH3 is 1. The van der Waals surface area contributed by atoms with E-state index >= 15 is 0 Å². The van der Waals surface area contributed by atoms with Crippen molar-refractivity contribution < 1.29 is 23.1 Å². The van der Waals surface area contributed by atoms with E-state index in [0.717, 1.165) is 39.2 Å². The second-order valence-corrected chi connectivity index (χ2v) is 10.5. The van der Waals surface area contributed by atoms with Crippen molar-refractivity contribution in [3.8, 4) is 11.1 Å². The van der Waals surface area contributed by atoms with Crippen LogP contribution < -0.4 is 21.9 Å². The van der Waals surface area contributed by atoms with Crippen molar-refractivity contribution in [1.82, 2.24) is 14.5 Å². The number of pyridine rings is 1. The molecule has 0 radical (unpaired) electrons. The number of benzene rings is 2. The molecule has 2 aromatic heterocycles. The van der Waals surface area contributed by atoms with Gasteiger partial charge in [-0.3, -0.25) is 19.0 Å². The van der Waals surface area contributed by atoms with E-state index in [4.69, 9.17) is 4.74 Å². The van der Waals surface area contributed by atoms with Crippen LogP contribution in [0.15, 0.2) is 70.5 Å². The summed E-state index contributed by atoms with van der Waals surface area (Å²) in [4.78, 5) is 54.5. The minimum absolute atomic E-state index is 0.0125. The van der Waals surface area contributed by atoms with Crippen molar-refractivity contribution in [2.45, 2.75) is 38.1 Å². The molecule has 2 aliphatic rings. The number of aromatic nitrogens is 3. The van der Waals surface area contributed by atoms with Gasteiger partial charge < -0.3 is 20.4 Å². The van der Waals surface area contributed by atoms with Crippen molar-refractivity contribution in [2.24, 2.45) is 0 Å². The summed E-state index contributed by atoms with van der Waals surface area (Å²) in [5, 5.41) is 5.68. The van der Waals surface area contributed by atoms with E-state index in [0.29, 0.717) is 18.7 Å². The number of H-pyrrole nitrogens is 1. The number of anilines is 2. The van der Waals surface area contributed by atoms with Crippen molar-refractivity contribution in [1.29, 1.82) is 0 Å². The van der Waals surface area contributed by atoms with Gasteiger partial charge in [0.05, 0.1) is 23.6 Å². The fourth-order valence-corrected chi connectivity index (χ4v) is 5.66. The minimum atomic E-state index is -1.13. The topological polar surface area (TPSA) is 135 Å². The summed E-state index contributed by atoms with van der Waals surface area (Å²) in [5.41, 5.74) is 1.80. The molecule has 0 saturated heterocycles. The standard InChI is InChI=1S/C17H15N3O2.C14H14F2N2O3/c1-10(21)19-13-5-4-11-8-17(9-12(11)7-13)14-3-2-6-18-15(14)20-16(17)22;1-8(7-21-2)18-13(19)10(6-17-14(18)20)9-4-3-5-11(15)12(9)16/h2-7H,8-9H2,1H3,(H,19,21)(H,18,20,22);3-6,8H,7H2,1-2H3,(H,17,20)/t17-;8-/m10/s1. The molecule has 3 N–H and O–H groups in total. The summed E-state index contributed by atoms with van der Waals surface area (Å²) in [5.74, 6) is -1.61. The number of hydrogen-bond donors (Lipinski definition) is 3. The van der Waals surface area contributed by atoms with Crippen LogP contribution in [0.2, 0.25) is 0 Å². The molecule has 1 aliphatic carbocycles. The zero-order chi connectivity index (χ0) is 30.9. The van der Waals surface area contributed by atoms with Gasteiger partial charge in [-0.25, -0.2) is 18.6 Å². The quantitative estimate of drug-likeness (QED) is 0.325. The summed E-state index contributed by atoms with van der Waals surface area (Å²) in [7, 11) is 1.44. The first-order valence-corrected chi connectivity index (χ1v) is 13.5. The van der Waals surface area contributed by atoms with Crippen LogP contribution in [0, 0.1) is 11.6 Å². The monoisotopic (exact) mass is 589 g/mol. The molecule has 0 unspecified atom stereocenters. The first kappa shape index (κ1) is 29.5. The summed E-state index contributed by atoms with van der Waals surface area (Å²) < 4.78 is 32.9. The molecule has 0 bridgehead atoms. The van der Waals surface area contributed by atoms with Crippen LogP contribution in [0.3, 0.4) is 0 Å². The van der Waals surface area contributed by atoms with Gasteiger partial charge in [0.2, 0.25) is 11.8 Å². The van der Waals surface area contributed by atoms with Crippen LogP contribution in [0.25, 0.3) is 11.1 Å². The first-order valence-electron chi connectivity index (χ1n) is 13.5. The largest absolute Gasteiger partial charge is 0.383 e. The summed E-state index contributed by atoms with van der Waals surface area (Å²) in [6.45, 7) is 3.24. The highest BCUT2D eigenvalue weighted by atomic mass is 19.2. The van der Waals surface area contributed by atoms with Crippen LogP contribution in [0.5, 0.6) is 0 Å². The van der Waals surface area contributed by atoms with Gasteiger partial charge in [0, 0.05) is 43.2 Å². The van der Waals surface area contributed by atoms with Crippen molar-refractivity contribution in [2.75, 3.05) is 24.4 Å². The number of carbonyl (C=O) groups is 2. The number of carbonyl (C=O) groups excluding carboxylic acids is 2. The molecule has 3 heterocycles. The Balaban J connectivity index is 0.000000172. The van der Waals surface area contributed by atoms with Gasteiger partial charge in [-0.05, 0) is 55.2 Å². The molecule has 0 saturated carbocycles. The van der Waals surface area contributed by atoms with E-state index < -0.39 is 34.3 Å². The van der Waals surface area contributed by atoms with Crippen molar-refractivity contribution >= 4 is 23.3 Å². The minimum Gasteiger partial charge on any atom is -0.383 e. The highest BCUT2D eigenvalue weighted by Gasteiger charge is 2.51. The molecule has 1 aliphatic heterocycles. The van der Waals surface area contributed by atoms with E-state index in [1.54, 1.807) is 13.1 Å². The summed E-state index contributed by atoms with van der Waals surface area (Å²) in [6, 6.07) is 12.7. The average molecular weight is 590 g/mol. The van der Waals surface area contributed by atoms with Gasteiger partial charge in [-0.1, -0.05) is 24.3 Å². The van der Waals surface area contributed by atoms with Crippen molar-refractivity contribution in [3.63, 3.8) is 0 Å². The summed E-state index contributed by atoms with van der Waals surface area (Å²) in [6.07, 6.45) is 4.08. The smallest absolute Gasteiger partial charge is 0.328 e.